The molecule has 0 aliphatic rings. The second-order valence-electron chi connectivity index (χ2n) is 6.06. The molecule has 0 saturated carbocycles. The summed E-state index contributed by atoms with van der Waals surface area (Å²) in [6.07, 6.45) is 12.2. The van der Waals surface area contributed by atoms with E-state index in [1.165, 1.54) is 44.9 Å². The molecule has 0 spiro atoms. The Balaban J connectivity index is 3.06. The summed E-state index contributed by atoms with van der Waals surface area (Å²) in [5.41, 5.74) is 5.91. The van der Waals surface area contributed by atoms with Crippen molar-refractivity contribution >= 4 is 5.97 Å². The van der Waals surface area contributed by atoms with Gasteiger partial charge in [0.2, 0.25) is 0 Å². The highest BCUT2D eigenvalue weighted by Crippen LogP contribution is 2.14. The third-order valence-corrected chi connectivity index (χ3v) is 3.21. The van der Waals surface area contributed by atoms with Crippen LogP contribution >= 0.6 is 0 Å². The molecule has 0 aromatic rings. The molecule has 3 nitrogen and oxygen atoms in total. The molecule has 0 aromatic heterocycles. The molecule has 0 atom stereocenters. The van der Waals surface area contributed by atoms with Crippen LogP contribution in [0, 0.1) is 0 Å². The zero-order valence-corrected chi connectivity index (χ0v) is 12.2. The monoisotopic (exact) mass is 257 g/mol. The van der Waals surface area contributed by atoms with E-state index in [1.54, 1.807) is 0 Å². The maximum Gasteiger partial charge on any atom is 0.303 e. The van der Waals surface area contributed by atoms with Gasteiger partial charge < -0.3 is 10.8 Å². The van der Waals surface area contributed by atoms with Gasteiger partial charge in [0.05, 0.1) is 0 Å². The van der Waals surface area contributed by atoms with Crippen LogP contribution in [-0.2, 0) is 4.79 Å². The Morgan fingerprint density at radius 1 is 0.889 bits per heavy atom. The van der Waals surface area contributed by atoms with E-state index in [0.717, 1.165) is 19.3 Å². The first-order valence-electron chi connectivity index (χ1n) is 7.42. The summed E-state index contributed by atoms with van der Waals surface area (Å²) in [5.74, 6) is -0.669. The molecule has 0 heterocycles. The summed E-state index contributed by atoms with van der Waals surface area (Å²) in [5, 5.41) is 8.48. The van der Waals surface area contributed by atoms with Crippen molar-refractivity contribution in [2.45, 2.75) is 90.0 Å². The Bertz CT molecular complexity index is 209. The molecule has 0 amide bonds. The van der Waals surface area contributed by atoms with Gasteiger partial charge in [-0.15, -0.1) is 0 Å². The topological polar surface area (TPSA) is 63.3 Å². The molecule has 0 bridgehead atoms. The molecule has 3 heteroatoms. The van der Waals surface area contributed by atoms with Crippen molar-refractivity contribution in [1.82, 2.24) is 0 Å². The average Bonchev–Trinajstić information content (AvgIpc) is 2.24. The SMILES string of the molecule is CC(C)(N)CCCCCCCCCCCC(=O)O. The van der Waals surface area contributed by atoms with Crippen molar-refractivity contribution in [1.29, 1.82) is 0 Å². The molecule has 3 N–H and O–H groups in total. The maximum atomic E-state index is 10.3. The van der Waals surface area contributed by atoms with Crippen LogP contribution in [0.15, 0.2) is 0 Å². The molecule has 0 unspecified atom stereocenters. The number of carbonyl (C=O) groups is 1. The fourth-order valence-corrected chi connectivity index (χ4v) is 2.09. The zero-order chi connectivity index (χ0) is 13.9. The van der Waals surface area contributed by atoms with E-state index < -0.39 is 5.97 Å². The van der Waals surface area contributed by atoms with Crippen molar-refractivity contribution in [3.05, 3.63) is 0 Å². The number of hydrogen-bond acceptors (Lipinski definition) is 2. The van der Waals surface area contributed by atoms with Crippen LogP contribution in [0.2, 0.25) is 0 Å². The summed E-state index contributed by atoms with van der Waals surface area (Å²) in [6.45, 7) is 4.17. The Kier molecular flexibility index (Phi) is 10.0. The molecule has 0 aliphatic carbocycles. The summed E-state index contributed by atoms with van der Waals surface area (Å²) < 4.78 is 0. The molecular weight excluding hydrogens is 226 g/mol. The summed E-state index contributed by atoms with van der Waals surface area (Å²) in [6, 6.07) is 0. The van der Waals surface area contributed by atoms with Crippen LogP contribution in [0.4, 0.5) is 0 Å². The van der Waals surface area contributed by atoms with Crippen LogP contribution in [-0.4, -0.2) is 16.6 Å². The normalized spacial score (nSPS) is 11.7. The predicted octanol–water partition coefficient (Wildman–Crippen LogP) is 4.10. The van der Waals surface area contributed by atoms with Gasteiger partial charge in [0.25, 0.3) is 0 Å². The second kappa shape index (κ2) is 10.4. The minimum atomic E-state index is -0.669. The predicted molar refractivity (Wildman–Crippen MR) is 76.7 cm³/mol. The van der Waals surface area contributed by atoms with Crippen molar-refractivity contribution < 1.29 is 9.90 Å². The zero-order valence-electron chi connectivity index (χ0n) is 12.2. The van der Waals surface area contributed by atoms with E-state index in [9.17, 15) is 4.79 Å². The standard InChI is InChI=1S/C15H31NO2/c1-15(2,16)13-11-9-7-5-3-4-6-8-10-12-14(17)18/h3-13,16H2,1-2H3,(H,17,18). The van der Waals surface area contributed by atoms with E-state index in [1.807, 2.05) is 0 Å². The summed E-state index contributed by atoms with van der Waals surface area (Å²) >= 11 is 0. The molecule has 18 heavy (non-hydrogen) atoms. The van der Waals surface area contributed by atoms with E-state index >= 15 is 0 Å². The minimum Gasteiger partial charge on any atom is -0.481 e. The fraction of sp³-hybridized carbons (Fsp3) is 0.933. The first kappa shape index (κ1) is 17.4. The van der Waals surface area contributed by atoms with E-state index in [2.05, 4.69) is 13.8 Å². The van der Waals surface area contributed by atoms with Crippen molar-refractivity contribution in [3.63, 3.8) is 0 Å². The lowest BCUT2D eigenvalue weighted by molar-refractivity contribution is -0.137. The first-order chi connectivity index (χ1) is 8.42. The fourth-order valence-electron chi connectivity index (χ4n) is 2.09. The van der Waals surface area contributed by atoms with Gasteiger partial charge in [-0.3, -0.25) is 4.79 Å². The van der Waals surface area contributed by atoms with Crippen LogP contribution in [0.3, 0.4) is 0 Å². The Morgan fingerprint density at radius 2 is 1.28 bits per heavy atom. The van der Waals surface area contributed by atoms with Crippen LogP contribution in [0.5, 0.6) is 0 Å². The van der Waals surface area contributed by atoms with Gasteiger partial charge in [-0.25, -0.2) is 0 Å². The highest BCUT2D eigenvalue weighted by atomic mass is 16.4. The Morgan fingerprint density at radius 3 is 1.67 bits per heavy atom. The molecule has 108 valence electrons. The minimum absolute atomic E-state index is 0.00978. The summed E-state index contributed by atoms with van der Waals surface area (Å²) in [4.78, 5) is 10.3. The smallest absolute Gasteiger partial charge is 0.303 e. The first-order valence-corrected chi connectivity index (χ1v) is 7.42. The number of hydrogen-bond donors (Lipinski definition) is 2. The van der Waals surface area contributed by atoms with Crippen LogP contribution in [0.25, 0.3) is 0 Å². The maximum absolute atomic E-state index is 10.3. The highest BCUT2D eigenvalue weighted by Gasteiger charge is 2.08. The third kappa shape index (κ3) is 15.4. The van der Waals surface area contributed by atoms with Crippen LogP contribution < -0.4 is 5.73 Å². The van der Waals surface area contributed by atoms with Gasteiger partial charge >= 0.3 is 5.97 Å². The van der Waals surface area contributed by atoms with E-state index in [4.69, 9.17) is 10.8 Å². The summed E-state index contributed by atoms with van der Waals surface area (Å²) in [7, 11) is 0. The average molecular weight is 257 g/mol. The molecule has 0 saturated heterocycles. The number of aliphatic carboxylic acids is 1. The number of rotatable bonds is 12. The van der Waals surface area contributed by atoms with Gasteiger partial charge in [-0.1, -0.05) is 51.4 Å². The van der Waals surface area contributed by atoms with E-state index in [0.29, 0.717) is 6.42 Å². The van der Waals surface area contributed by atoms with Crippen molar-refractivity contribution in [2.75, 3.05) is 0 Å². The molecule has 0 aliphatic heterocycles. The van der Waals surface area contributed by atoms with Gasteiger partial charge in [0, 0.05) is 12.0 Å². The number of carboxylic acid groups (broad SMARTS) is 1. The molecule has 0 fully saturated rings. The van der Waals surface area contributed by atoms with Crippen molar-refractivity contribution in [3.8, 4) is 0 Å². The highest BCUT2D eigenvalue weighted by molar-refractivity contribution is 5.66. The molecule has 0 rings (SSSR count). The number of nitrogens with two attached hydrogens (primary N) is 1. The molecular formula is C15H31NO2. The Labute approximate surface area is 112 Å². The quantitative estimate of drug-likeness (QED) is 0.517. The second-order valence-corrected chi connectivity index (χ2v) is 6.06. The lowest BCUT2D eigenvalue weighted by Crippen LogP contribution is -2.31. The lowest BCUT2D eigenvalue weighted by Gasteiger charge is -2.17. The number of unbranched alkanes of at least 4 members (excludes halogenated alkanes) is 8. The van der Waals surface area contributed by atoms with Crippen LogP contribution in [0.1, 0.15) is 84.5 Å². The largest absolute Gasteiger partial charge is 0.481 e. The number of carboxylic acids is 1. The molecule has 0 radical (unpaired) electrons. The molecule has 0 aromatic carbocycles. The van der Waals surface area contributed by atoms with Gasteiger partial charge in [-0.05, 0) is 26.7 Å². The van der Waals surface area contributed by atoms with Gasteiger partial charge in [0.1, 0.15) is 0 Å². The van der Waals surface area contributed by atoms with Gasteiger partial charge in [0.15, 0.2) is 0 Å². The lowest BCUT2D eigenvalue weighted by atomic mass is 9.97. The third-order valence-electron chi connectivity index (χ3n) is 3.21. The Hall–Kier alpha value is -0.570. The van der Waals surface area contributed by atoms with Gasteiger partial charge in [-0.2, -0.15) is 0 Å². The van der Waals surface area contributed by atoms with Crippen molar-refractivity contribution in [2.24, 2.45) is 5.73 Å². The van der Waals surface area contributed by atoms with E-state index in [-0.39, 0.29) is 5.54 Å².